The molecule has 1 aromatic heterocycles. The molecule has 0 spiro atoms. The highest BCUT2D eigenvalue weighted by molar-refractivity contribution is 6.30. The Balaban J connectivity index is 1.67. The second kappa shape index (κ2) is 6.02. The second-order valence-electron chi connectivity index (χ2n) is 7.00. The largest absolute Gasteiger partial charge is 0.343 e. The molecule has 1 N–H and O–H groups in total. The predicted molar refractivity (Wildman–Crippen MR) is 103 cm³/mol. The fraction of sp³-hybridized carbons (Fsp3) is 0.300. The standard InChI is InChI=1S/C20H20ClN3O2/c1-23-16-9-4-13(12-17(16)24(2)19(23)26)18(25)22-20(10-3-11-20)14-5-7-15(21)8-6-14/h4-9,12H,3,10-11H2,1-2H3,(H,22,25). The highest BCUT2D eigenvalue weighted by Crippen LogP contribution is 2.41. The van der Waals surface area contributed by atoms with Gasteiger partial charge in [-0.15, -0.1) is 0 Å². The minimum Gasteiger partial charge on any atom is -0.343 e. The van der Waals surface area contributed by atoms with Gasteiger partial charge in [0.05, 0.1) is 16.6 Å². The Morgan fingerprint density at radius 2 is 1.69 bits per heavy atom. The van der Waals surface area contributed by atoms with E-state index in [2.05, 4.69) is 5.32 Å². The molecule has 4 rings (SSSR count). The number of nitrogens with one attached hydrogen (secondary N) is 1. The van der Waals surface area contributed by atoms with Crippen LogP contribution in [0.2, 0.25) is 5.02 Å². The maximum atomic E-state index is 12.9. The molecule has 0 radical (unpaired) electrons. The fourth-order valence-electron chi connectivity index (χ4n) is 3.72. The molecule has 0 bridgehead atoms. The van der Waals surface area contributed by atoms with E-state index >= 15 is 0 Å². The van der Waals surface area contributed by atoms with Crippen LogP contribution in [-0.2, 0) is 19.6 Å². The van der Waals surface area contributed by atoms with Gasteiger partial charge in [0.25, 0.3) is 5.91 Å². The molecule has 2 aromatic carbocycles. The van der Waals surface area contributed by atoms with Crippen molar-refractivity contribution in [3.8, 4) is 0 Å². The number of rotatable bonds is 3. The number of fused-ring (bicyclic) bond motifs is 1. The zero-order valence-corrected chi connectivity index (χ0v) is 15.5. The quantitative estimate of drug-likeness (QED) is 0.769. The van der Waals surface area contributed by atoms with Crippen LogP contribution in [0.1, 0.15) is 35.2 Å². The van der Waals surface area contributed by atoms with E-state index in [1.807, 2.05) is 30.3 Å². The zero-order chi connectivity index (χ0) is 18.5. The van der Waals surface area contributed by atoms with Crippen molar-refractivity contribution >= 4 is 28.5 Å². The fourth-order valence-corrected chi connectivity index (χ4v) is 3.85. The molecule has 1 fully saturated rings. The maximum absolute atomic E-state index is 12.9. The Bertz CT molecular complexity index is 1060. The predicted octanol–water partition coefficient (Wildman–Crippen LogP) is 3.34. The SMILES string of the molecule is Cn1c(=O)n(C)c2cc(C(=O)NC3(c4ccc(Cl)cc4)CCC3)ccc21. The first-order chi connectivity index (χ1) is 12.4. The number of imidazole rings is 1. The summed E-state index contributed by atoms with van der Waals surface area (Å²) in [4.78, 5) is 25.0. The monoisotopic (exact) mass is 369 g/mol. The number of benzene rings is 2. The molecule has 1 saturated carbocycles. The van der Waals surface area contributed by atoms with Crippen LogP contribution < -0.4 is 11.0 Å². The van der Waals surface area contributed by atoms with E-state index < -0.39 is 0 Å². The van der Waals surface area contributed by atoms with E-state index in [4.69, 9.17) is 11.6 Å². The van der Waals surface area contributed by atoms with Gasteiger partial charge in [-0.25, -0.2) is 4.79 Å². The molecular formula is C20H20ClN3O2. The number of carbonyl (C=O) groups excluding carboxylic acids is 1. The summed E-state index contributed by atoms with van der Waals surface area (Å²) in [6.45, 7) is 0. The molecule has 0 unspecified atom stereocenters. The summed E-state index contributed by atoms with van der Waals surface area (Å²) >= 11 is 5.99. The molecule has 0 aliphatic heterocycles. The van der Waals surface area contributed by atoms with Gasteiger partial charge >= 0.3 is 5.69 Å². The van der Waals surface area contributed by atoms with Gasteiger partial charge in [0.15, 0.2) is 0 Å². The van der Waals surface area contributed by atoms with Crippen molar-refractivity contribution in [1.82, 2.24) is 14.5 Å². The lowest BCUT2D eigenvalue weighted by Gasteiger charge is -2.43. The lowest BCUT2D eigenvalue weighted by molar-refractivity contribution is 0.0823. The van der Waals surface area contributed by atoms with Gasteiger partial charge in [-0.05, 0) is 55.2 Å². The molecule has 3 aromatic rings. The molecule has 0 atom stereocenters. The molecule has 26 heavy (non-hydrogen) atoms. The molecule has 6 heteroatoms. The molecule has 134 valence electrons. The number of amides is 1. The Morgan fingerprint density at radius 3 is 2.31 bits per heavy atom. The summed E-state index contributed by atoms with van der Waals surface area (Å²) < 4.78 is 3.14. The Hall–Kier alpha value is -2.53. The third-order valence-corrected chi connectivity index (χ3v) is 5.74. The van der Waals surface area contributed by atoms with Crippen molar-refractivity contribution in [1.29, 1.82) is 0 Å². The summed E-state index contributed by atoms with van der Waals surface area (Å²) in [5.74, 6) is -0.127. The lowest BCUT2D eigenvalue weighted by atomic mass is 9.71. The van der Waals surface area contributed by atoms with Crippen LogP contribution in [0.4, 0.5) is 0 Å². The first kappa shape index (κ1) is 16.9. The number of carbonyl (C=O) groups is 1. The summed E-state index contributed by atoms with van der Waals surface area (Å²) in [7, 11) is 3.45. The Kier molecular flexibility index (Phi) is 3.92. The average molecular weight is 370 g/mol. The third-order valence-electron chi connectivity index (χ3n) is 5.49. The van der Waals surface area contributed by atoms with E-state index in [0.29, 0.717) is 10.6 Å². The van der Waals surface area contributed by atoms with Crippen molar-refractivity contribution in [2.75, 3.05) is 0 Å². The van der Waals surface area contributed by atoms with Crippen LogP contribution in [0.15, 0.2) is 47.3 Å². The van der Waals surface area contributed by atoms with Gasteiger partial charge in [-0.3, -0.25) is 13.9 Å². The molecule has 1 amide bonds. The van der Waals surface area contributed by atoms with Crippen LogP contribution in [-0.4, -0.2) is 15.0 Å². The highest BCUT2D eigenvalue weighted by atomic mass is 35.5. The second-order valence-corrected chi connectivity index (χ2v) is 7.44. The van der Waals surface area contributed by atoms with Crippen LogP contribution in [0.3, 0.4) is 0 Å². The van der Waals surface area contributed by atoms with E-state index in [1.54, 1.807) is 35.4 Å². The van der Waals surface area contributed by atoms with Crippen molar-refractivity contribution in [3.05, 3.63) is 69.1 Å². The summed E-state index contributed by atoms with van der Waals surface area (Å²) in [5.41, 5.74) is 2.76. The van der Waals surface area contributed by atoms with E-state index in [-0.39, 0.29) is 17.1 Å². The van der Waals surface area contributed by atoms with Gasteiger partial charge in [-0.1, -0.05) is 23.7 Å². The third kappa shape index (κ3) is 2.54. The highest BCUT2D eigenvalue weighted by Gasteiger charge is 2.40. The Labute approximate surface area is 156 Å². The van der Waals surface area contributed by atoms with Gasteiger partial charge in [0.1, 0.15) is 0 Å². The van der Waals surface area contributed by atoms with Crippen molar-refractivity contribution in [2.24, 2.45) is 14.1 Å². The molecule has 1 aliphatic carbocycles. The maximum Gasteiger partial charge on any atom is 0.328 e. The van der Waals surface area contributed by atoms with Crippen molar-refractivity contribution in [2.45, 2.75) is 24.8 Å². The number of halogens is 1. The topological polar surface area (TPSA) is 56.0 Å². The molecule has 1 aliphatic rings. The van der Waals surface area contributed by atoms with Gasteiger partial charge in [0, 0.05) is 24.7 Å². The Morgan fingerprint density at radius 1 is 1.04 bits per heavy atom. The minimum absolute atomic E-state index is 0.103. The number of aromatic nitrogens is 2. The average Bonchev–Trinajstić information content (AvgIpc) is 2.83. The number of hydrogen-bond donors (Lipinski definition) is 1. The van der Waals surface area contributed by atoms with E-state index in [9.17, 15) is 9.59 Å². The van der Waals surface area contributed by atoms with Gasteiger partial charge < -0.3 is 5.32 Å². The molecule has 1 heterocycles. The van der Waals surface area contributed by atoms with E-state index in [1.165, 1.54) is 0 Å². The van der Waals surface area contributed by atoms with Gasteiger partial charge in [0.2, 0.25) is 0 Å². The smallest absolute Gasteiger partial charge is 0.328 e. The number of hydrogen-bond acceptors (Lipinski definition) is 2. The lowest BCUT2D eigenvalue weighted by Crippen LogP contribution is -2.50. The summed E-state index contributed by atoms with van der Waals surface area (Å²) in [5, 5.41) is 3.90. The summed E-state index contributed by atoms with van der Waals surface area (Å²) in [6.07, 6.45) is 2.90. The van der Waals surface area contributed by atoms with Crippen LogP contribution in [0, 0.1) is 0 Å². The molecular weight excluding hydrogens is 350 g/mol. The van der Waals surface area contributed by atoms with Crippen molar-refractivity contribution < 1.29 is 4.79 Å². The minimum atomic E-state index is -0.334. The van der Waals surface area contributed by atoms with Gasteiger partial charge in [-0.2, -0.15) is 0 Å². The number of aryl methyl sites for hydroxylation is 2. The van der Waals surface area contributed by atoms with Crippen LogP contribution >= 0.6 is 11.6 Å². The summed E-state index contributed by atoms with van der Waals surface area (Å²) in [6, 6.07) is 13.0. The van der Waals surface area contributed by atoms with Crippen molar-refractivity contribution in [3.63, 3.8) is 0 Å². The first-order valence-corrected chi connectivity index (χ1v) is 9.03. The van der Waals surface area contributed by atoms with Crippen LogP contribution in [0.25, 0.3) is 11.0 Å². The normalized spacial score (nSPS) is 15.7. The number of nitrogens with zero attached hydrogens (tertiary/aromatic N) is 2. The zero-order valence-electron chi connectivity index (χ0n) is 14.8. The van der Waals surface area contributed by atoms with E-state index in [0.717, 1.165) is 35.9 Å². The van der Waals surface area contributed by atoms with Crippen LogP contribution in [0.5, 0.6) is 0 Å². The first-order valence-electron chi connectivity index (χ1n) is 8.65. The molecule has 0 saturated heterocycles. The molecule has 5 nitrogen and oxygen atoms in total.